The third-order valence-electron chi connectivity index (χ3n) is 9.76. The summed E-state index contributed by atoms with van der Waals surface area (Å²) in [5.41, 5.74) is 3.72. The first-order chi connectivity index (χ1) is 20.8. The Hall–Kier alpha value is -3.04. The molecule has 4 aromatic rings. The lowest BCUT2D eigenvalue weighted by atomic mass is 9.68. The molecule has 3 fully saturated rings. The minimum atomic E-state index is -0.398. The molecule has 3 heterocycles. The SMILES string of the molecule is Cc1ccccc1COc1ccc(Cl)cc1[C@@H]1c2sc(=O)[nH]c2S[C@@H]2[C@@H]3C[C@@H]([C@@H]4C(=O)N(c5ccc(Cl)cc5)C(=O)[C@@H]34)[C@@H]12. The van der Waals surface area contributed by atoms with Crippen LogP contribution in [0.5, 0.6) is 5.75 Å². The second kappa shape index (κ2) is 10.3. The number of thiazole rings is 1. The number of amides is 2. The van der Waals surface area contributed by atoms with Gasteiger partial charge in [-0.2, -0.15) is 0 Å². The molecule has 4 aliphatic rings. The summed E-state index contributed by atoms with van der Waals surface area (Å²) in [7, 11) is 0. The molecule has 1 aromatic heterocycles. The van der Waals surface area contributed by atoms with Crippen molar-refractivity contribution in [3.05, 3.63) is 108 Å². The van der Waals surface area contributed by atoms with Crippen LogP contribution in [-0.4, -0.2) is 22.0 Å². The van der Waals surface area contributed by atoms with Crippen LogP contribution in [0.4, 0.5) is 5.69 Å². The van der Waals surface area contributed by atoms with Crippen LogP contribution < -0.4 is 14.5 Å². The smallest absolute Gasteiger partial charge is 0.305 e. The molecule has 0 radical (unpaired) electrons. The van der Waals surface area contributed by atoms with E-state index >= 15 is 0 Å². The molecule has 0 unspecified atom stereocenters. The molecular weight excluding hydrogens is 623 g/mol. The van der Waals surface area contributed by atoms with E-state index in [2.05, 4.69) is 24.0 Å². The Bertz CT molecular complexity index is 1850. The average molecular weight is 650 g/mol. The van der Waals surface area contributed by atoms with Gasteiger partial charge in [-0.15, -0.1) is 11.8 Å². The number of imide groups is 1. The number of thioether (sulfide) groups is 1. The van der Waals surface area contributed by atoms with Crippen molar-refractivity contribution < 1.29 is 14.3 Å². The summed E-state index contributed by atoms with van der Waals surface area (Å²) in [5.74, 6) is -0.470. The topological polar surface area (TPSA) is 79.5 Å². The fourth-order valence-corrected chi connectivity index (χ4v) is 11.2. The van der Waals surface area contributed by atoms with E-state index in [1.165, 1.54) is 16.2 Å². The number of hydrogen-bond acceptors (Lipinski definition) is 6. The number of nitrogens with zero attached hydrogens (tertiary/aromatic N) is 1. The summed E-state index contributed by atoms with van der Waals surface area (Å²) in [6, 6.07) is 20.7. The third-order valence-corrected chi connectivity index (χ3v) is 12.8. The summed E-state index contributed by atoms with van der Waals surface area (Å²) >= 11 is 15.6. The van der Waals surface area contributed by atoms with Crippen molar-refractivity contribution in [3.63, 3.8) is 0 Å². The molecule has 1 N–H and O–H groups in total. The standard InChI is InChI=1S/C33H26Cl2N2O4S2/c1-15-4-2-3-5-16(15)14-41-23-11-8-18(35)12-20(23)24-25-21-13-22(28(25)42-30-29(24)43-33(40)36-30)27-26(21)31(38)37(32(27)39)19-9-6-17(34)7-10-19/h2-12,21-22,24-28H,13-14H2,1H3,(H,36,40)/t21-,22-,24+,25+,26+,27+,28-/m1/s1. The maximum atomic E-state index is 14.0. The Morgan fingerprint density at radius 2 is 1.65 bits per heavy atom. The predicted molar refractivity (Wildman–Crippen MR) is 169 cm³/mol. The number of ether oxygens (including phenoxy) is 1. The van der Waals surface area contributed by atoms with E-state index in [0.29, 0.717) is 28.1 Å². The van der Waals surface area contributed by atoms with Gasteiger partial charge in [0, 0.05) is 31.7 Å². The highest BCUT2D eigenvalue weighted by molar-refractivity contribution is 8.00. The van der Waals surface area contributed by atoms with Crippen molar-refractivity contribution >= 4 is 63.8 Å². The van der Waals surface area contributed by atoms with Gasteiger partial charge in [0.1, 0.15) is 12.4 Å². The van der Waals surface area contributed by atoms with Gasteiger partial charge in [0.15, 0.2) is 0 Å². The molecule has 2 aliphatic carbocycles. The van der Waals surface area contributed by atoms with Crippen molar-refractivity contribution in [1.82, 2.24) is 4.98 Å². The number of anilines is 1. The Labute approximate surface area is 266 Å². The lowest BCUT2D eigenvalue weighted by Crippen LogP contribution is -2.42. The van der Waals surface area contributed by atoms with Crippen LogP contribution in [-0.2, 0) is 16.2 Å². The number of rotatable bonds is 5. The van der Waals surface area contributed by atoms with Gasteiger partial charge in [0.25, 0.3) is 0 Å². The van der Waals surface area contributed by atoms with Crippen molar-refractivity contribution in [3.8, 4) is 5.75 Å². The number of fused-ring (bicyclic) bond motifs is 9. The molecule has 6 nitrogen and oxygen atoms in total. The minimum Gasteiger partial charge on any atom is -0.489 e. The Kier molecular flexibility index (Phi) is 6.56. The zero-order chi connectivity index (χ0) is 29.6. The van der Waals surface area contributed by atoms with Gasteiger partial charge in [-0.3, -0.25) is 19.3 Å². The molecular formula is C33H26Cl2N2O4S2. The van der Waals surface area contributed by atoms with Crippen molar-refractivity contribution in [2.24, 2.45) is 29.6 Å². The fourth-order valence-electron chi connectivity index (χ4n) is 8.03. The fraction of sp³-hybridized carbons (Fsp3) is 0.303. The van der Waals surface area contributed by atoms with E-state index in [9.17, 15) is 14.4 Å². The van der Waals surface area contributed by atoms with Crippen LogP contribution in [0.15, 0.2) is 76.6 Å². The molecule has 2 aliphatic heterocycles. The minimum absolute atomic E-state index is 0.0141. The van der Waals surface area contributed by atoms with Crippen LogP contribution in [0.2, 0.25) is 10.0 Å². The lowest BCUT2D eigenvalue weighted by Gasteiger charge is -2.43. The van der Waals surface area contributed by atoms with Crippen molar-refractivity contribution in [2.75, 3.05) is 4.90 Å². The number of nitrogens with one attached hydrogen (secondary N) is 1. The zero-order valence-electron chi connectivity index (χ0n) is 23.0. The second-order valence-electron chi connectivity index (χ2n) is 11.8. The molecule has 7 atom stereocenters. The van der Waals surface area contributed by atoms with Gasteiger partial charge >= 0.3 is 4.87 Å². The highest BCUT2D eigenvalue weighted by Crippen LogP contribution is 2.69. The molecule has 218 valence electrons. The normalized spacial score (nSPS) is 28.6. The predicted octanol–water partition coefficient (Wildman–Crippen LogP) is 7.31. The van der Waals surface area contributed by atoms with Crippen molar-refractivity contribution in [1.29, 1.82) is 0 Å². The van der Waals surface area contributed by atoms with Gasteiger partial charge in [0.05, 0.1) is 22.5 Å². The van der Waals surface area contributed by atoms with E-state index in [1.807, 2.05) is 30.3 Å². The molecule has 2 bridgehead atoms. The Balaban J connectivity index is 1.20. The maximum absolute atomic E-state index is 14.0. The highest BCUT2D eigenvalue weighted by Gasteiger charge is 2.69. The molecule has 8 rings (SSSR count). The van der Waals surface area contributed by atoms with Crippen LogP contribution in [0.3, 0.4) is 0 Å². The molecule has 2 saturated carbocycles. The number of aryl methyl sites for hydroxylation is 1. The van der Waals surface area contributed by atoms with Crippen LogP contribution in [0.1, 0.15) is 33.9 Å². The van der Waals surface area contributed by atoms with Crippen molar-refractivity contribution in [2.45, 2.75) is 36.1 Å². The molecule has 1 saturated heterocycles. The average Bonchev–Trinajstić information content (AvgIpc) is 3.72. The quantitative estimate of drug-likeness (QED) is 0.230. The summed E-state index contributed by atoms with van der Waals surface area (Å²) in [6.07, 6.45) is 0.805. The molecule has 43 heavy (non-hydrogen) atoms. The van der Waals surface area contributed by atoms with E-state index in [0.717, 1.165) is 33.0 Å². The number of carbonyl (C=O) groups excluding carboxylic acids is 2. The van der Waals surface area contributed by atoms with Crippen LogP contribution in [0, 0.1) is 36.5 Å². The van der Waals surface area contributed by atoms with Gasteiger partial charge in [0.2, 0.25) is 11.8 Å². The first-order valence-corrected chi connectivity index (χ1v) is 16.7. The molecule has 0 spiro atoms. The first-order valence-electron chi connectivity index (χ1n) is 14.3. The monoisotopic (exact) mass is 648 g/mol. The van der Waals surface area contributed by atoms with Gasteiger partial charge in [-0.1, -0.05) is 58.8 Å². The van der Waals surface area contributed by atoms with Crippen LogP contribution in [0.25, 0.3) is 0 Å². The van der Waals surface area contributed by atoms with Gasteiger partial charge in [-0.25, -0.2) is 0 Å². The van der Waals surface area contributed by atoms with E-state index in [4.69, 9.17) is 27.9 Å². The Morgan fingerprint density at radius 1 is 0.930 bits per heavy atom. The number of H-pyrrole nitrogens is 1. The zero-order valence-corrected chi connectivity index (χ0v) is 26.1. The van der Waals surface area contributed by atoms with E-state index in [-0.39, 0.29) is 51.5 Å². The second-order valence-corrected chi connectivity index (χ2v) is 14.9. The number of halogens is 2. The van der Waals surface area contributed by atoms with E-state index < -0.39 is 5.92 Å². The molecule has 2 amide bonds. The number of aromatic amines is 1. The summed E-state index contributed by atoms with van der Waals surface area (Å²) in [6.45, 7) is 2.46. The first kappa shape index (κ1) is 27.5. The summed E-state index contributed by atoms with van der Waals surface area (Å²) < 4.78 is 6.48. The van der Waals surface area contributed by atoms with Crippen LogP contribution >= 0.6 is 46.3 Å². The largest absolute Gasteiger partial charge is 0.489 e. The lowest BCUT2D eigenvalue weighted by molar-refractivity contribution is -0.123. The third kappa shape index (κ3) is 4.25. The van der Waals surface area contributed by atoms with E-state index in [1.54, 1.807) is 36.0 Å². The Morgan fingerprint density at radius 3 is 2.42 bits per heavy atom. The molecule has 10 heteroatoms. The summed E-state index contributed by atoms with van der Waals surface area (Å²) in [5, 5.41) is 2.05. The number of carbonyl (C=O) groups is 2. The highest BCUT2D eigenvalue weighted by atomic mass is 35.5. The molecule has 3 aromatic carbocycles. The number of aromatic nitrogens is 1. The number of hydrogen-bond donors (Lipinski definition) is 1. The van der Waals surface area contributed by atoms with Gasteiger partial charge < -0.3 is 9.72 Å². The summed E-state index contributed by atoms with van der Waals surface area (Å²) in [4.78, 5) is 45.9. The maximum Gasteiger partial charge on any atom is 0.305 e. The number of benzene rings is 3. The van der Waals surface area contributed by atoms with Gasteiger partial charge in [-0.05, 0) is 84.7 Å².